The van der Waals surface area contributed by atoms with E-state index in [1.54, 1.807) is 0 Å². The maximum atomic E-state index is 13.0. The van der Waals surface area contributed by atoms with Crippen LogP contribution in [-0.2, 0) is 0 Å². The molecule has 126 valence electrons. The standard InChI is InChI=1S/C22H22N2O/c25-22(19-10-6-12-21(16-19)23-13-4-5-14-23)24-15-7-11-20(17-24)18-8-2-1-3-9-18/h1-6,8-10,12-14,16,20H,7,11,15,17H2. The molecule has 1 unspecified atom stereocenters. The van der Waals surface area contributed by atoms with Gasteiger partial charge in [-0.15, -0.1) is 0 Å². The van der Waals surface area contributed by atoms with Gasteiger partial charge in [-0.3, -0.25) is 4.79 Å². The smallest absolute Gasteiger partial charge is 0.253 e. The van der Waals surface area contributed by atoms with Crippen molar-refractivity contribution in [2.24, 2.45) is 0 Å². The van der Waals surface area contributed by atoms with Gasteiger partial charge in [-0.05, 0) is 48.7 Å². The average Bonchev–Trinajstić information content (AvgIpc) is 3.23. The van der Waals surface area contributed by atoms with Crippen molar-refractivity contribution in [2.75, 3.05) is 13.1 Å². The van der Waals surface area contributed by atoms with Crippen LogP contribution < -0.4 is 0 Å². The molecule has 0 saturated carbocycles. The first-order chi connectivity index (χ1) is 12.3. The summed E-state index contributed by atoms with van der Waals surface area (Å²) in [6.07, 6.45) is 6.20. The van der Waals surface area contributed by atoms with Gasteiger partial charge in [0.25, 0.3) is 5.91 Å². The molecule has 0 N–H and O–H groups in total. The highest BCUT2D eigenvalue weighted by molar-refractivity contribution is 5.94. The van der Waals surface area contributed by atoms with Crippen LogP contribution in [-0.4, -0.2) is 28.5 Å². The molecule has 1 aromatic heterocycles. The van der Waals surface area contributed by atoms with E-state index in [4.69, 9.17) is 0 Å². The molecule has 4 rings (SSSR count). The monoisotopic (exact) mass is 330 g/mol. The number of rotatable bonds is 3. The molecule has 1 aliphatic heterocycles. The summed E-state index contributed by atoms with van der Waals surface area (Å²) in [5, 5.41) is 0. The van der Waals surface area contributed by atoms with Gasteiger partial charge in [-0.2, -0.15) is 0 Å². The number of carbonyl (C=O) groups is 1. The Morgan fingerprint density at radius 3 is 2.52 bits per heavy atom. The molecule has 1 aliphatic rings. The van der Waals surface area contributed by atoms with Crippen molar-refractivity contribution in [3.8, 4) is 5.69 Å². The third-order valence-corrected chi connectivity index (χ3v) is 4.98. The molecule has 2 heterocycles. The van der Waals surface area contributed by atoms with Crippen LogP contribution in [0, 0.1) is 0 Å². The molecule has 3 heteroatoms. The fraction of sp³-hybridized carbons (Fsp3) is 0.227. The summed E-state index contributed by atoms with van der Waals surface area (Å²) in [6.45, 7) is 1.65. The Balaban J connectivity index is 1.53. The molecular formula is C22H22N2O. The lowest BCUT2D eigenvalue weighted by Gasteiger charge is -2.33. The molecule has 1 amide bonds. The van der Waals surface area contributed by atoms with Crippen molar-refractivity contribution in [3.63, 3.8) is 0 Å². The van der Waals surface area contributed by atoms with Gasteiger partial charge in [0.15, 0.2) is 0 Å². The Kier molecular flexibility index (Phi) is 4.38. The number of hydrogen-bond donors (Lipinski definition) is 0. The normalized spacial score (nSPS) is 17.4. The number of carbonyl (C=O) groups excluding carboxylic acids is 1. The van der Waals surface area contributed by atoms with E-state index in [9.17, 15) is 4.79 Å². The van der Waals surface area contributed by atoms with Gasteiger partial charge in [0.1, 0.15) is 0 Å². The summed E-state index contributed by atoms with van der Waals surface area (Å²) in [5.74, 6) is 0.571. The zero-order chi connectivity index (χ0) is 17.1. The molecule has 25 heavy (non-hydrogen) atoms. The summed E-state index contributed by atoms with van der Waals surface area (Å²) in [5.41, 5.74) is 3.12. The molecule has 0 radical (unpaired) electrons. The van der Waals surface area contributed by atoms with Gasteiger partial charge in [0, 0.05) is 42.7 Å². The molecular weight excluding hydrogens is 308 g/mol. The number of piperidine rings is 1. The fourth-order valence-corrected chi connectivity index (χ4v) is 3.65. The van der Waals surface area contributed by atoms with Crippen molar-refractivity contribution in [1.29, 1.82) is 0 Å². The van der Waals surface area contributed by atoms with E-state index in [1.807, 2.05) is 64.3 Å². The Labute approximate surface area is 148 Å². The molecule has 0 bridgehead atoms. The highest BCUT2D eigenvalue weighted by Gasteiger charge is 2.25. The molecule has 1 fully saturated rings. The van der Waals surface area contributed by atoms with Gasteiger partial charge >= 0.3 is 0 Å². The highest BCUT2D eigenvalue weighted by atomic mass is 16.2. The van der Waals surface area contributed by atoms with Crippen LogP contribution in [0.5, 0.6) is 0 Å². The lowest BCUT2D eigenvalue weighted by molar-refractivity contribution is 0.0707. The first-order valence-corrected chi connectivity index (χ1v) is 8.89. The minimum absolute atomic E-state index is 0.134. The van der Waals surface area contributed by atoms with Crippen molar-refractivity contribution < 1.29 is 4.79 Å². The van der Waals surface area contributed by atoms with E-state index >= 15 is 0 Å². The van der Waals surface area contributed by atoms with Crippen LogP contribution in [0.3, 0.4) is 0 Å². The maximum Gasteiger partial charge on any atom is 0.253 e. The molecule has 3 aromatic rings. The summed E-state index contributed by atoms with van der Waals surface area (Å²) >= 11 is 0. The quantitative estimate of drug-likeness (QED) is 0.694. The summed E-state index contributed by atoms with van der Waals surface area (Å²) in [7, 11) is 0. The van der Waals surface area contributed by atoms with E-state index in [2.05, 4.69) is 24.3 Å². The second-order valence-electron chi connectivity index (χ2n) is 6.64. The van der Waals surface area contributed by atoms with Gasteiger partial charge in [-0.1, -0.05) is 36.4 Å². The molecule has 0 aliphatic carbocycles. The highest BCUT2D eigenvalue weighted by Crippen LogP contribution is 2.27. The van der Waals surface area contributed by atoms with Crippen LogP contribution in [0.2, 0.25) is 0 Å². The molecule has 0 spiro atoms. The number of aromatic nitrogens is 1. The summed E-state index contributed by atoms with van der Waals surface area (Å²) in [6, 6.07) is 22.4. The first kappa shape index (κ1) is 15.7. The summed E-state index contributed by atoms with van der Waals surface area (Å²) < 4.78 is 2.03. The van der Waals surface area contributed by atoms with E-state index in [0.717, 1.165) is 37.2 Å². The SMILES string of the molecule is O=C(c1cccc(-n2cccc2)c1)N1CCCC(c2ccccc2)C1. The van der Waals surface area contributed by atoms with Gasteiger partial charge < -0.3 is 9.47 Å². The van der Waals surface area contributed by atoms with Crippen LogP contribution in [0.25, 0.3) is 5.69 Å². The first-order valence-electron chi connectivity index (χ1n) is 8.89. The number of hydrogen-bond acceptors (Lipinski definition) is 1. The molecule has 1 saturated heterocycles. The Bertz CT molecular complexity index is 839. The van der Waals surface area contributed by atoms with Crippen LogP contribution in [0.4, 0.5) is 0 Å². The number of nitrogens with zero attached hydrogens (tertiary/aromatic N) is 2. The van der Waals surface area contributed by atoms with Gasteiger partial charge in [0.05, 0.1) is 0 Å². The lowest BCUT2D eigenvalue weighted by Crippen LogP contribution is -2.39. The van der Waals surface area contributed by atoms with E-state index in [-0.39, 0.29) is 5.91 Å². The molecule has 2 aromatic carbocycles. The number of amides is 1. The Morgan fingerprint density at radius 1 is 0.920 bits per heavy atom. The maximum absolute atomic E-state index is 13.0. The average molecular weight is 330 g/mol. The van der Waals surface area contributed by atoms with Crippen molar-refractivity contribution in [3.05, 3.63) is 90.3 Å². The van der Waals surface area contributed by atoms with E-state index in [0.29, 0.717) is 5.92 Å². The second-order valence-corrected chi connectivity index (χ2v) is 6.64. The zero-order valence-corrected chi connectivity index (χ0v) is 14.2. The minimum atomic E-state index is 0.134. The Hall–Kier alpha value is -2.81. The van der Waals surface area contributed by atoms with Crippen LogP contribution in [0.15, 0.2) is 79.1 Å². The van der Waals surface area contributed by atoms with E-state index < -0.39 is 0 Å². The number of benzene rings is 2. The Morgan fingerprint density at radius 2 is 1.72 bits per heavy atom. The van der Waals surface area contributed by atoms with Gasteiger partial charge in [0.2, 0.25) is 0 Å². The topological polar surface area (TPSA) is 25.2 Å². The fourth-order valence-electron chi connectivity index (χ4n) is 3.65. The van der Waals surface area contributed by atoms with Crippen LogP contribution in [0.1, 0.15) is 34.7 Å². The number of likely N-dealkylation sites (tertiary alicyclic amines) is 1. The molecule has 3 nitrogen and oxygen atoms in total. The minimum Gasteiger partial charge on any atom is -0.338 e. The third-order valence-electron chi connectivity index (χ3n) is 4.98. The predicted molar refractivity (Wildman–Crippen MR) is 100 cm³/mol. The lowest BCUT2D eigenvalue weighted by atomic mass is 9.90. The second kappa shape index (κ2) is 6.98. The van der Waals surface area contributed by atoms with E-state index in [1.165, 1.54) is 5.56 Å². The van der Waals surface area contributed by atoms with Crippen molar-refractivity contribution in [2.45, 2.75) is 18.8 Å². The van der Waals surface area contributed by atoms with Crippen LogP contribution >= 0.6 is 0 Å². The third kappa shape index (κ3) is 3.36. The predicted octanol–water partition coefficient (Wildman–Crippen LogP) is 4.50. The zero-order valence-electron chi connectivity index (χ0n) is 14.2. The van der Waals surface area contributed by atoms with Gasteiger partial charge in [-0.25, -0.2) is 0 Å². The largest absolute Gasteiger partial charge is 0.338 e. The molecule has 1 atom stereocenters. The van der Waals surface area contributed by atoms with Crippen molar-refractivity contribution >= 4 is 5.91 Å². The van der Waals surface area contributed by atoms with Crippen molar-refractivity contribution in [1.82, 2.24) is 9.47 Å². The summed E-state index contributed by atoms with van der Waals surface area (Å²) in [4.78, 5) is 15.0.